The van der Waals surface area contributed by atoms with Crippen molar-refractivity contribution in [3.8, 4) is 5.75 Å². The van der Waals surface area contributed by atoms with Crippen molar-refractivity contribution in [3.05, 3.63) is 52.2 Å². The van der Waals surface area contributed by atoms with Gasteiger partial charge in [-0.1, -0.05) is 25.1 Å². The van der Waals surface area contributed by atoms with Gasteiger partial charge < -0.3 is 4.74 Å². The zero-order chi connectivity index (χ0) is 14.4. The van der Waals surface area contributed by atoms with Crippen LogP contribution in [0.15, 0.2) is 41.8 Å². The number of carbonyl (C=O) groups excluding carboxylic acids is 1. The summed E-state index contributed by atoms with van der Waals surface area (Å²) in [5.74, 6) is 0.847. The van der Waals surface area contributed by atoms with E-state index < -0.39 is 0 Å². The van der Waals surface area contributed by atoms with Gasteiger partial charge in [-0.25, -0.2) is 0 Å². The lowest BCUT2D eigenvalue weighted by Crippen LogP contribution is -2.29. The predicted octanol–water partition coefficient (Wildman–Crippen LogP) is 3.46. The second-order valence-electron chi connectivity index (χ2n) is 4.54. The zero-order valence-electron chi connectivity index (χ0n) is 11.8. The fourth-order valence-electron chi connectivity index (χ4n) is 1.99. The van der Waals surface area contributed by atoms with Crippen molar-refractivity contribution < 1.29 is 9.53 Å². The first-order valence-corrected chi connectivity index (χ1v) is 7.53. The van der Waals surface area contributed by atoms with E-state index in [2.05, 4.69) is 23.3 Å². The van der Waals surface area contributed by atoms with Crippen LogP contribution in [-0.2, 0) is 6.54 Å². The van der Waals surface area contributed by atoms with Gasteiger partial charge in [0, 0.05) is 17.0 Å². The highest BCUT2D eigenvalue weighted by Crippen LogP contribution is 2.15. The van der Waals surface area contributed by atoms with Gasteiger partial charge in [0.1, 0.15) is 5.75 Å². The van der Waals surface area contributed by atoms with Crippen molar-refractivity contribution in [1.82, 2.24) is 4.90 Å². The average molecular weight is 289 g/mol. The van der Waals surface area contributed by atoms with Gasteiger partial charge in [0.15, 0.2) is 5.78 Å². The molecule has 0 saturated heterocycles. The maximum absolute atomic E-state index is 12.3. The minimum atomic E-state index is 0.127. The van der Waals surface area contributed by atoms with Crippen LogP contribution < -0.4 is 4.74 Å². The highest BCUT2D eigenvalue weighted by molar-refractivity contribution is 7.09. The molecule has 2 aromatic rings. The van der Waals surface area contributed by atoms with Crippen LogP contribution in [0.2, 0.25) is 0 Å². The number of rotatable bonds is 7. The van der Waals surface area contributed by atoms with Gasteiger partial charge in [-0.3, -0.25) is 9.69 Å². The zero-order valence-corrected chi connectivity index (χ0v) is 12.7. The number of ketones is 1. The van der Waals surface area contributed by atoms with Crippen LogP contribution in [0.5, 0.6) is 5.75 Å². The Balaban J connectivity index is 2.01. The molecule has 0 saturated carbocycles. The molecule has 4 heteroatoms. The first kappa shape index (κ1) is 14.8. The number of ether oxygens (including phenoxy) is 1. The van der Waals surface area contributed by atoms with Crippen molar-refractivity contribution >= 4 is 17.1 Å². The SMILES string of the molecule is CCN(CC(=O)c1cccc(OC)c1)Cc1cccs1. The van der Waals surface area contributed by atoms with E-state index in [0.717, 1.165) is 18.8 Å². The Morgan fingerprint density at radius 2 is 2.15 bits per heavy atom. The first-order valence-electron chi connectivity index (χ1n) is 6.65. The van der Waals surface area contributed by atoms with Crippen molar-refractivity contribution in [3.63, 3.8) is 0 Å². The number of benzene rings is 1. The maximum atomic E-state index is 12.3. The van der Waals surface area contributed by atoms with E-state index >= 15 is 0 Å². The van der Waals surface area contributed by atoms with Gasteiger partial charge in [-0.15, -0.1) is 11.3 Å². The number of Topliss-reactive ketones (excluding diaryl/α,β-unsaturated/α-hetero) is 1. The van der Waals surface area contributed by atoms with E-state index in [1.54, 1.807) is 24.5 Å². The normalized spacial score (nSPS) is 10.8. The third-order valence-corrected chi connectivity index (χ3v) is 4.03. The topological polar surface area (TPSA) is 29.5 Å². The van der Waals surface area contributed by atoms with Crippen molar-refractivity contribution in [1.29, 1.82) is 0 Å². The second-order valence-corrected chi connectivity index (χ2v) is 5.57. The molecule has 0 aliphatic heterocycles. The summed E-state index contributed by atoms with van der Waals surface area (Å²) in [5.41, 5.74) is 0.703. The number of carbonyl (C=O) groups is 1. The molecule has 1 aromatic carbocycles. The van der Waals surface area contributed by atoms with E-state index in [1.165, 1.54) is 4.88 Å². The summed E-state index contributed by atoms with van der Waals surface area (Å²) < 4.78 is 5.16. The molecule has 0 fully saturated rings. The molecule has 0 unspecified atom stereocenters. The second kappa shape index (κ2) is 7.22. The highest BCUT2D eigenvalue weighted by atomic mass is 32.1. The molecule has 2 rings (SSSR count). The molecular formula is C16H19NO2S. The average Bonchev–Trinajstić information content (AvgIpc) is 2.99. The van der Waals surface area contributed by atoms with Crippen LogP contribution in [0, 0.1) is 0 Å². The minimum Gasteiger partial charge on any atom is -0.497 e. The standard InChI is InChI=1S/C16H19NO2S/c1-3-17(11-15-8-5-9-20-15)12-16(18)13-6-4-7-14(10-13)19-2/h4-10H,3,11-12H2,1-2H3. The lowest BCUT2D eigenvalue weighted by atomic mass is 10.1. The third-order valence-electron chi connectivity index (χ3n) is 3.17. The Bertz CT molecular complexity index is 551. The first-order chi connectivity index (χ1) is 9.72. The number of nitrogens with zero attached hydrogens (tertiary/aromatic N) is 1. The van der Waals surface area contributed by atoms with Gasteiger partial charge in [0.2, 0.25) is 0 Å². The Morgan fingerprint density at radius 1 is 1.30 bits per heavy atom. The van der Waals surface area contributed by atoms with Crippen molar-refractivity contribution in [2.24, 2.45) is 0 Å². The summed E-state index contributed by atoms with van der Waals surface area (Å²) >= 11 is 1.72. The van der Waals surface area contributed by atoms with E-state index in [1.807, 2.05) is 24.3 Å². The fraction of sp³-hybridized carbons (Fsp3) is 0.312. The van der Waals surface area contributed by atoms with E-state index in [-0.39, 0.29) is 5.78 Å². The molecule has 3 nitrogen and oxygen atoms in total. The summed E-state index contributed by atoms with van der Waals surface area (Å²) in [6, 6.07) is 11.5. The number of likely N-dealkylation sites (N-methyl/N-ethyl adjacent to an activating group) is 1. The van der Waals surface area contributed by atoms with E-state index in [9.17, 15) is 4.79 Å². The molecule has 1 heterocycles. The number of methoxy groups -OCH3 is 1. The van der Waals surface area contributed by atoms with Crippen LogP contribution in [0.1, 0.15) is 22.2 Å². The maximum Gasteiger partial charge on any atom is 0.176 e. The van der Waals surface area contributed by atoms with E-state index in [0.29, 0.717) is 12.1 Å². The Labute approximate surface area is 123 Å². The number of hydrogen-bond acceptors (Lipinski definition) is 4. The minimum absolute atomic E-state index is 0.127. The molecule has 0 radical (unpaired) electrons. The third kappa shape index (κ3) is 3.92. The van der Waals surface area contributed by atoms with Gasteiger partial charge >= 0.3 is 0 Å². The molecule has 0 aliphatic carbocycles. The van der Waals surface area contributed by atoms with Gasteiger partial charge in [0.05, 0.1) is 13.7 Å². The van der Waals surface area contributed by atoms with Gasteiger partial charge in [0.25, 0.3) is 0 Å². The molecule has 1 aromatic heterocycles. The summed E-state index contributed by atoms with van der Waals surface area (Å²) in [6.07, 6.45) is 0. The Morgan fingerprint density at radius 3 is 2.80 bits per heavy atom. The molecule has 20 heavy (non-hydrogen) atoms. The van der Waals surface area contributed by atoms with Crippen LogP contribution in [0.4, 0.5) is 0 Å². The molecule has 0 bridgehead atoms. The van der Waals surface area contributed by atoms with Crippen LogP contribution in [0.25, 0.3) is 0 Å². The Kier molecular flexibility index (Phi) is 5.32. The summed E-state index contributed by atoms with van der Waals surface area (Å²) in [7, 11) is 1.61. The van der Waals surface area contributed by atoms with Crippen molar-refractivity contribution in [2.75, 3.05) is 20.2 Å². The summed E-state index contributed by atoms with van der Waals surface area (Å²) in [6.45, 7) is 4.19. The molecule has 0 N–H and O–H groups in total. The lowest BCUT2D eigenvalue weighted by Gasteiger charge is -2.18. The van der Waals surface area contributed by atoms with Crippen LogP contribution >= 0.6 is 11.3 Å². The summed E-state index contributed by atoms with van der Waals surface area (Å²) in [5, 5.41) is 2.06. The monoisotopic (exact) mass is 289 g/mol. The fourth-order valence-corrected chi connectivity index (χ4v) is 2.74. The molecular weight excluding hydrogens is 270 g/mol. The predicted molar refractivity (Wildman–Crippen MR) is 82.6 cm³/mol. The van der Waals surface area contributed by atoms with Crippen LogP contribution in [0.3, 0.4) is 0 Å². The molecule has 0 amide bonds. The smallest absolute Gasteiger partial charge is 0.176 e. The molecule has 0 atom stereocenters. The molecule has 106 valence electrons. The summed E-state index contributed by atoms with van der Waals surface area (Å²) in [4.78, 5) is 15.7. The molecule has 0 aliphatic rings. The number of thiophene rings is 1. The largest absolute Gasteiger partial charge is 0.497 e. The Hall–Kier alpha value is -1.65. The van der Waals surface area contributed by atoms with Crippen molar-refractivity contribution in [2.45, 2.75) is 13.5 Å². The molecule has 0 spiro atoms. The van der Waals surface area contributed by atoms with Crippen LogP contribution in [-0.4, -0.2) is 30.9 Å². The lowest BCUT2D eigenvalue weighted by molar-refractivity contribution is 0.0930. The number of hydrogen-bond donors (Lipinski definition) is 0. The van der Waals surface area contributed by atoms with Gasteiger partial charge in [-0.2, -0.15) is 0 Å². The van der Waals surface area contributed by atoms with E-state index in [4.69, 9.17) is 4.74 Å². The quantitative estimate of drug-likeness (QED) is 0.731. The highest BCUT2D eigenvalue weighted by Gasteiger charge is 2.12. The van der Waals surface area contributed by atoms with Gasteiger partial charge in [-0.05, 0) is 30.1 Å².